The van der Waals surface area contributed by atoms with E-state index < -0.39 is 0 Å². The van der Waals surface area contributed by atoms with Gasteiger partial charge >= 0.3 is 0 Å². The molecule has 112 valence electrons. The summed E-state index contributed by atoms with van der Waals surface area (Å²) in [6.45, 7) is 7.32. The van der Waals surface area contributed by atoms with Gasteiger partial charge in [-0.3, -0.25) is 0 Å². The molecule has 0 unspecified atom stereocenters. The third kappa shape index (κ3) is 4.76. The van der Waals surface area contributed by atoms with Crippen LogP contribution in [0.3, 0.4) is 0 Å². The first kappa shape index (κ1) is 15.3. The second-order valence-corrected chi connectivity index (χ2v) is 5.72. The highest BCUT2D eigenvalue weighted by Crippen LogP contribution is 2.22. The van der Waals surface area contributed by atoms with E-state index in [4.69, 9.17) is 9.47 Å². The minimum absolute atomic E-state index is 0.0724. The molecule has 1 N–H and O–H groups in total. The van der Waals surface area contributed by atoms with Crippen LogP contribution >= 0.6 is 0 Å². The van der Waals surface area contributed by atoms with Crippen molar-refractivity contribution in [2.75, 3.05) is 19.8 Å². The Morgan fingerprint density at radius 1 is 1.35 bits per heavy atom. The van der Waals surface area contributed by atoms with Crippen LogP contribution in [0, 0.1) is 11.7 Å². The van der Waals surface area contributed by atoms with Gasteiger partial charge in [0.1, 0.15) is 6.10 Å². The van der Waals surface area contributed by atoms with E-state index in [2.05, 4.69) is 19.2 Å². The Bertz CT molecular complexity index is 417. The second-order valence-electron chi connectivity index (χ2n) is 5.72. The molecule has 0 atom stereocenters. The Morgan fingerprint density at radius 2 is 2.10 bits per heavy atom. The molecule has 1 saturated heterocycles. The number of halogens is 1. The Labute approximate surface area is 120 Å². The molecule has 0 aliphatic carbocycles. The summed E-state index contributed by atoms with van der Waals surface area (Å²) in [7, 11) is 0. The maximum Gasteiger partial charge on any atom is 0.165 e. The molecule has 1 heterocycles. The van der Waals surface area contributed by atoms with Gasteiger partial charge in [0.25, 0.3) is 0 Å². The van der Waals surface area contributed by atoms with Gasteiger partial charge in [-0.2, -0.15) is 0 Å². The van der Waals surface area contributed by atoms with Crippen LogP contribution in [0.5, 0.6) is 5.75 Å². The lowest BCUT2D eigenvalue weighted by Gasteiger charge is -2.23. The van der Waals surface area contributed by atoms with Gasteiger partial charge in [0.15, 0.2) is 11.6 Å². The maximum atomic E-state index is 14.0. The Morgan fingerprint density at radius 3 is 2.75 bits per heavy atom. The maximum absolute atomic E-state index is 14.0. The van der Waals surface area contributed by atoms with Crippen molar-refractivity contribution in [3.05, 3.63) is 29.6 Å². The van der Waals surface area contributed by atoms with E-state index in [0.717, 1.165) is 24.9 Å². The van der Waals surface area contributed by atoms with Crippen LogP contribution in [0.25, 0.3) is 0 Å². The van der Waals surface area contributed by atoms with Gasteiger partial charge in [0.2, 0.25) is 0 Å². The van der Waals surface area contributed by atoms with Crippen molar-refractivity contribution < 1.29 is 13.9 Å². The molecular formula is C16H24FNO2. The zero-order valence-electron chi connectivity index (χ0n) is 12.3. The molecule has 0 radical (unpaired) electrons. The molecule has 1 aliphatic rings. The molecule has 0 spiro atoms. The lowest BCUT2D eigenvalue weighted by molar-refractivity contribution is 0.0240. The van der Waals surface area contributed by atoms with E-state index >= 15 is 0 Å². The SMILES string of the molecule is CC(C)CNCc1ccc(OC2CCOCC2)c(F)c1. The van der Waals surface area contributed by atoms with E-state index in [1.54, 1.807) is 12.1 Å². The standard InChI is InChI=1S/C16H24FNO2/c1-12(2)10-18-11-13-3-4-16(15(17)9-13)20-14-5-7-19-8-6-14/h3-4,9,12,14,18H,5-8,10-11H2,1-2H3. The topological polar surface area (TPSA) is 30.5 Å². The first-order valence-corrected chi connectivity index (χ1v) is 7.38. The number of nitrogens with one attached hydrogen (secondary N) is 1. The molecule has 0 bridgehead atoms. The van der Waals surface area contributed by atoms with Crippen molar-refractivity contribution in [2.45, 2.75) is 39.3 Å². The molecule has 0 aromatic heterocycles. The van der Waals surface area contributed by atoms with Crippen LogP contribution in [0.15, 0.2) is 18.2 Å². The van der Waals surface area contributed by atoms with Crippen LogP contribution < -0.4 is 10.1 Å². The Hall–Kier alpha value is -1.13. The minimum atomic E-state index is -0.277. The molecule has 1 fully saturated rings. The van der Waals surface area contributed by atoms with Crippen molar-refractivity contribution in [1.29, 1.82) is 0 Å². The average Bonchev–Trinajstić information content (AvgIpc) is 2.42. The lowest BCUT2D eigenvalue weighted by atomic mass is 10.1. The Balaban J connectivity index is 1.88. The van der Waals surface area contributed by atoms with Crippen molar-refractivity contribution in [1.82, 2.24) is 5.32 Å². The van der Waals surface area contributed by atoms with Gasteiger partial charge < -0.3 is 14.8 Å². The number of benzene rings is 1. The van der Waals surface area contributed by atoms with Crippen LogP contribution in [0.4, 0.5) is 4.39 Å². The quantitative estimate of drug-likeness (QED) is 0.869. The van der Waals surface area contributed by atoms with Crippen LogP contribution in [-0.4, -0.2) is 25.9 Å². The summed E-state index contributed by atoms with van der Waals surface area (Å²) in [5.41, 5.74) is 0.947. The van der Waals surface area contributed by atoms with Crippen molar-refractivity contribution in [3.63, 3.8) is 0 Å². The van der Waals surface area contributed by atoms with Gasteiger partial charge in [0.05, 0.1) is 13.2 Å². The summed E-state index contributed by atoms with van der Waals surface area (Å²) in [4.78, 5) is 0. The van der Waals surface area contributed by atoms with Crippen molar-refractivity contribution >= 4 is 0 Å². The fourth-order valence-electron chi connectivity index (χ4n) is 2.23. The smallest absolute Gasteiger partial charge is 0.165 e. The molecule has 0 saturated carbocycles. The monoisotopic (exact) mass is 281 g/mol. The molecule has 1 aromatic carbocycles. The fourth-order valence-corrected chi connectivity index (χ4v) is 2.23. The van der Waals surface area contributed by atoms with E-state index in [1.165, 1.54) is 0 Å². The summed E-state index contributed by atoms with van der Waals surface area (Å²) in [6, 6.07) is 5.21. The zero-order valence-corrected chi connectivity index (χ0v) is 12.3. The highest BCUT2D eigenvalue weighted by Gasteiger charge is 2.17. The van der Waals surface area contributed by atoms with Crippen LogP contribution in [0.1, 0.15) is 32.3 Å². The fraction of sp³-hybridized carbons (Fsp3) is 0.625. The number of hydrogen-bond acceptors (Lipinski definition) is 3. The number of rotatable bonds is 6. The van der Waals surface area contributed by atoms with Gasteiger partial charge in [0, 0.05) is 19.4 Å². The third-order valence-electron chi connectivity index (χ3n) is 3.34. The second kappa shape index (κ2) is 7.60. The first-order chi connectivity index (χ1) is 9.65. The van der Waals surface area contributed by atoms with Gasteiger partial charge in [-0.25, -0.2) is 4.39 Å². The lowest BCUT2D eigenvalue weighted by Crippen LogP contribution is -2.26. The highest BCUT2D eigenvalue weighted by atomic mass is 19.1. The predicted octanol–water partition coefficient (Wildman–Crippen LogP) is 3.13. The molecule has 2 rings (SSSR count). The number of hydrogen-bond donors (Lipinski definition) is 1. The van der Waals surface area contributed by atoms with Crippen molar-refractivity contribution in [3.8, 4) is 5.75 Å². The van der Waals surface area contributed by atoms with Gasteiger partial charge in [-0.15, -0.1) is 0 Å². The normalized spacial score (nSPS) is 16.6. The molecule has 0 amide bonds. The van der Waals surface area contributed by atoms with E-state index in [0.29, 0.717) is 31.4 Å². The van der Waals surface area contributed by atoms with E-state index in [-0.39, 0.29) is 11.9 Å². The van der Waals surface area contributed by atoms with Crippen LogP contribution in [-0.2, 0) is 11.3 Å². The molecule has 3 nitrogen and oxygen atoms in total. The highest BCUT2D eigenvalue weighted by molar-refractivity contribution is 5.29. The van der Waals surface area contributed by atoms with Gasteiger partial charge in [-0.05, 0) is 30.2 Å². The first-order valence-electron chi connectivity index (χ1n) is 7.38. The number of ether oxygens (including phenoxy) is 2. The third-order valence-corrected chi connectivity index (χ3v) is 3.34. The summed E-state index contributed by atoms with van der Waals surface area (Å²) in [5, 5.41) is 3.31. The minimum Gasteiger partial charge on any atom is -0.487 e. The molecule has 1 aliphatic heterocycles. The molecule has 20 heavy (non-hydrogen) atoms. The van der Waals surface area contributed by atoms with E-state index in [1.807, 2.05) is 6.07 Å². The summed E-state index contributed by atoms with van der Waals surface area (Å²) in [5.74, 6) is 0.667. The van der Waals surface area contributed by atoms with E-state index in [9.17, 15) is 4.39 Å². The molecule has 4 heteroatoms. The zero-order chi connectivity index (χ0) is 14.4. The predicted molar refractivity (Wildman–Crippen MR) is 77.4 cm³/mol. The largest absolute Gasteiger partial charge is 0.487 e. The summed E-state index contributed by atoms with van der Waals surface area (Å²) in [6.07, 6.45) is 1.73. The van der Waals surface area contributed by atoms with Crippen LogP contribution in [0.2, 0.25) is 0 Å². The molecule has 1 aromatic rings. The molecular weight excluding hydrogens is 257 g/mol. The average molecular weight is 281 g/mol. The summed E-state index contributed by atoms with van der Waals surface area (Å²) >= 11 is 0. The van der Waals surface area contributed by atoms with Gasteiger partial charge in [-0.1, -0.05) is 19.9 Å². The van der Waals surface area contributed by atoms with Crippen molar-refractivity contribution in [2.24, 2.45) is 5.92 Å². The Kier molecular flexibility index (Phi) is 5.80. The summed E-state index contributed by atoms with van der Waals surface area (Å²) < 4.78 is 25.0.